The molecule has 0 saturated heterocycles. The molecular weight excluding hydrogens is 328 g/mol. The molecule has 2 aromatic rings. The fourth-order valence-corrected chi connectivity index (χ4v) is 2.38. The quantitative estimate of drug-likeness (QED) is 0.481. The van der Waals surface area contributed by atoms with Crippen LogP contribution in [0.1, 0.15) is 4.88 Å². The number of nitrogens with one attached hydrogen (secondary N) is 2. The Kier molecular flexibility index (Phi) is 5.45. The molecule has 0 saturated carbocycles. The molecule has 1 aromatic heterocycles. The van der Waals surface area contributed by atoms with Crippen LogP contribution in [0.15, 0.2) is 41.5 Å². The molecule has 22 heavy (non-hydrogen) atoms. The van der Waals surface area contributed by atoms with Gasteiger partial charge in [0.15, 0.2) is 0 Å². The van der Waals surface area contributed by atoms with Crippen molar-refractivity contribution < 1.29 is 9.72 Å². The summed E-state index contributed by atoms with van der Waals surface area (Å²) in [4.78, 5) is 22.2. The summed E-state index contributed by atoms with van der Waals surface area (Å²) in [6.07, 6.45) is 1.36. The van der Waals surface area contributed by atoms with Gasteiger partial charge in [-0.05, 0) is 24.3 Å². The molecule has 114 valence electrons. The Labute approximate surface area is 134 Å². The van der Waals surface area contributed by atoms with Crippen LogP contribution >= 0.6 is 22.9 Å². The monoisotopic (exact) mass is 338 g/mol. The molecule has 2 rings (SSSR count). The smallest absolute Gasteiger partial charge is 0.324 e. The molecular formula is C13H11ClN4O3S. The standard InChI is InChI=1S/C13H11ClN4O3S/c14-9-2-1-3-10(6-9)15-8-12(19)17-16-7-11-4-5-13(22-11)18(20)21/h1-7,15H,8H2,(H,17,19)/b16-7-. The van der Waals surface area contributed by atoms with Crippen LogP contribution in [-0.2, 0) is 4.79 Å². The number of halogens is 1. The van der Waals surface area contributed by atoms with Crippen molar-refractivity contribution in [2.75, 3.05) is 11.9 Å². The summed E-state index contributed by atoms with van der Waals surface area (Å²) in [6, 6.07) is 9.93. The van der Waals surface area contributed by atoms with Crippen LogP contribution in [0.4, 0.5) is 10.7 Å². The van der Waals surface area contributed by atoms with E-state index in [-0.39, 0.29) is 17.5 Å². The van der Waals surface area contributed by atoms with Gasteiger partial charge >= 0.3 is 5.00 Å². The van der Waals surface area contributed by atoms with E-state index in [1.165, 1.54) is 12.3 Å². The van der Waals surface area contributed by atoms with Gasteiger partial charge in [0.25, 0.3) is 5.91 Å². The number of carbonyl (C=O) groups excluding carboxylic acids is 1. The lowest BCUT2D eigenvalue weighted by Gasteiger charge is -2.05. The number of hydrogen-bond acceptors (Lipinski definition) is 6. The molecule has 2 N–H and O–H groups in total. The highest BCUT2D eigenvalue weighted by atomic mass is 35.5. The van der Waals surface area contributed by atoms with Crippen molar-refractivity contribution in [3.05, 3.63) is 56.4 Å². The van der Waals surface area contributed by atoms with Gasteiger partial charge < -0.3 is 5.32 Å². The maximum absolute atomic E-state index is 11.6. The molecule has 0 unspecified atom stereocenters. The molecule has 7 nitrogen and oxygen atoms in total. The predicted molar refractivity (Wildman–Crippen MR) is 86.7 cm³/mol. The minimum Gasteiger partial charge on any atom is -0.376 e. The van der Waals surface area contributed by atoms with Crippen molar-refractivity contribution in [1.82, 2.24) is 5.43 Å². The largest absolute Gasteiger partial charge is 0.376 e. The molecule has 0 atom stereocenters. The van der Waals surface area contributed by atoms with E-state index >= 15 is 0 Å². The number of anilines is 1. The summed E-state index contributed by atoms with van der Waals surface area (Å²) >= 11 is 6.80. The molecule has 0 aliphatic rings. The van der Waals surface area contributed by atoms with Crippen LogP contribution in [0.3, 0.4) is 0 Å². The minimum atomic E-state index is -0.477. The van der Waals surface area contributed by atoms with Gasteiger partial charge in [-0.2, -0.15) is 5.10 Å². The van der Waals surface area contributed by atoms with Crippen LogP contribution in [0, 0.1) is 10.1 Å². The van der Waals surface area contributed by atoms with Gasteiger partial charge in [0.05, 0.1) is 22.6 Å². The molecule has 1 aromatic carbocycles. The van der Waals surface area contributed by atoms with Crippen molar-refractivity contribution in [3.8, 4) is 0 Å². The lowest BCUT2D eigenvalue weighted by molar-refractivity contribution is -0.380. The highest BCUT2D eigenvalue weighted by molar-refractivity contribution is 7.16. The second-order valence-electron chi connectivity index (χ2n) is 4.09. The van der Waals surface area contributed by atoms with Crippen LogP contribution in [0.2, 0.25) is 5.02 Å². The maximum Gasteiger partial charge on any atom is 0.324 e. The number of benzene rings is 1. The van der Waals surface area contributed by atoms with Gasteiger partial charge in [0.1, 0.15) is 0 Å². The zero-order valence-electron chi connectivity index (χ0n) is 11.2. The van der Waals surface area contributed by atoms with E-state index in [1.54, 1.807) is 30.3 Å². The summed E-state index contributed by atoms with van der Waals surface area (Å²) in [5.41, 5.74) is 3.05. The first-order valence-corrected chi connectivity index (χ1v) is 7.29. The first-order valence-electron chi connectivity index (χ1n) is 6.10. The SMILES string of the molecule is O=C(CNc1cccc(Cl)c1)N/N=C\c1ccc([N+](=O)[O-])s1. The summed E-state index contributed by atoms with van der Waals surface area (Å²) in [7, 11) is 0. The zero-order valence-corrected chi connectivity index (χ0v) is 12.7. The Balaban J connectivity index is 1.79. The van der Waals surface area contributed by atoms with Gasteiger partial charge in [0, 0.05) is 16.8 Å². The van der Waals surface area contributed by atoms with Crippen molar-refractivity contribution in [2.24, 2.45) is 5.10 Å². The van der Waals surface area contributed by atoms with Gasteiger partial charge in [-0.1, -0.05) is 29.0 Å². The maximum atomic E-state index is 11.6. The zero-order chi connectivity index (χ0) is 15.9. The minimum absolute atomic E-state index is 0.0235. The Hall–Kier alpha value is -2.45. The highest BCUT2D eigenvalue weighted by Gasteiger charge is 2.08. The number of amides is 1. The number of nitrogens with zero attached hydrogens (tertiary/aromatic N) is 2. The van der Waals surface area contributed by atoms with Crippen LogP contribution in [0.5, 0.6) is 0 Å². The number of hydrazone groups is 1. The topological polar surface area (TPSA) is 96.6 Å². The van der Waals surface area contributed by atoms with Crippen LogP contribution in [-0.4, -0.2) is 23.6 Å². The third-order valence-corrected chi connectivity index (χ3v) is 3.66. The Morgan fingerprint density at radius 3 is 2.91 bits per heavy atom. The van der Waals surface area contributed by atoms with Crippen molar-refractivity contribution >= 4 is 45.7 Å². The molecule has 0 fully saturated rings. The van der Waals surface area contributed by atoms with Crippen molar-refractivity contribution in [1.29, 1.82) is 0 Å². The summed E-state index contributed by atoms with van der Waals surface area (Å²) in [6.45, 7) is 0.0300. The van der Waals surface area contributed by atoms with E-state index in [2.05, 4.69) is 15.8 Å². The average Bonchev–Trinajstić information content (AvgIpc) is 2.94. The molecule has 0 aliphatic heterocycles. The molecule has 1 amide bonds. The first kappa shape index (κ1) is 15.9. The number of hydrogen-bond donors (Lipinski definition) is 2. The van der Waals surface area contributed by atoms with Gasteiger partial charge in [-0.15, -0.1) is 0 Å². The predicted octanol–water partition coefficient (Wildman–Crippen LogP) is 2.87. The van der Waals surface area contributed by atoms with E-state index in [1.807, 2.05) is 0 Å². The van der Waals surface area contributed by atoms with Crippen LogP contribution in [0.25, 0.3) is 0 Å². The highest BCUT2D eigenvalue weighted by Crippen LogP contribution is 2.22. The van der Waals surface area contributed by atoms with E-state index in [0.717, 1.165) is 17.0 Å². The second-order valence-corrected chi connectivity index (χ2v) is 5.62. The third-order valence-electron chi connectivity index (χ3n) is 2.45. The Morgan fingerprint density at radius 2 is 2.23 bits per heavy atom. The van der Waals surface area contributed by atoms with Gasteiger partial charge in [-0.25, -0.2) is 5.43 Å². The van der Waals surface area contributed by atoms with Crippen molar-refractivity contribution in [2.45, 2.75) is 0 Å². The fraction of sp³-hybridized carbons (Fsp3) is 0.0769. The molecule has 0 radical (unpaired) electrons. The molecule has 0 aliphatic carbocycles. The number of rotatable bonds is 6. The third kappa shape index (κ3) is 4.83. The lowest BCUT2D eigenvalue weighted by atomic mass is 10.3. The molecule has 9 heteroatoms. The van der Waals surface area contributed by atoms with E-state index in [4.69, 9.17) is 11.6 Å². The first-order chi connectivity index (χ1) is 10.5. The van der Waals surface area contributed by atoms with E-state index < -0.39 is 4.92 Å². The Bertz CT molecular complexity index is 717. The van der Waals surface area contributed by atoms with Crippen LogP contribution < -0.4 is 10.7 Å². The number of carbonyl (C=O) groups is 1. The average molecular weight is 339 g/mol. The summed E-state index contributed by atoms with van der Waals surface area (Å²) in [5, 5.41) is 17.8. The normalized spacial score (nSPS) is 10.6. The molecule has 0 bridgehead atoms. The summed E-state index contributed by atoms with van der Waals surface area (Å²) in [5.74, 6) is -0.345. The lowest BCUT2D eigenvalue weighted by Crippen LogP contribution is -2.25. The van der Waals surface area contributed by atoms with Gasteiger partial charge in [0.2, 0.25) is 0 Å². The second kappa shape index (κ2) is 7.53. The Morgan fingerprint density at radius 1 is 1.41 bits per heavy atom. The fourth-order valence-electron chi connectivity index (χ4n) is 1.50. The molecule has 1 heterocycles. The van der Waals surface area contributed by atoms with Crippen molar-refractivity contribution in [3.63, 3.8) is 0 Å². The van der Waals surface area contributed by atoms with E-state index in [9.17, 15) is 14.9 Å². The number of thiophene rings is 1. The summed E-state index contributed by atoms with van der Waals surface area (Å²) < 4.78 is 0. The molecule has 0 spiro atoms. The number of nitro groups is 1. The van der Waals surface area contributed by atoms with Gasteiger partial charge in [-0.3, -0.25) is 14.9 Å². The van der Waals surface area contributed by atoms with E-state index in [0.29, 0.717) is 9.90 Å².